The number of carbonyl (C=O) groups is 1. The Balaban J connectivity index is 1.75. The zero-order valence-electron chi connectivity index (χ0n) is 16.1. The minimum atomic E-state index is -0.574. The first kappa shape index (κ1) is 17.2. The predicted molar refractivity (Wildman–Crippen MR) is 102 cm³/mol. The Hall–Kier alpha value is -1.95. The molecule has 1 spiro atoms. The molecule has 2 bridgehead atoms. The van der Waals surface area contributed by atoms with Gasteiger partial charge in [0.2, 0.25) is 0 Å². The van der Waals surface area contributed by atoms with Crippen LogP contribution >= 0.6 is 0 Å². The van der Waals surface area contributed by atoms with Gasteiger partial charge in [-0.15, -0.1) is 0 Å². The highest BCUT2D eigenvalue weighted by molar-refractivity contribution is 5.97. The third-order valence-corrected chi connectivity index (χ3v) is 7.59. The third kappa shape index (κ3) is 2.13. The highest BCUT2D eigenvalue weighted by atomic mass is 16.2. The zero-order chi connectivity index (χ0) is 18.9. The van der Waals surface area contributed by atoms with Crippen molar-refractivity contribution in [3.8, 4) is 0 Å². The predicted octanol–water partition coefficient (Wildman–Crippen LogP) is 1.60. The quantitative estimate of drug-likeness (QED) is 0.754. The normalized spacial score (nSPS) is 33.2. The summed E-state index contributed by atoms with van der Waals surface area (Å²) in [5.74, 6) is 0.138. The molecule has 144 valence electrons. The summed E-state index contributed by atoms with van der Waals surface area (Å²) >= 11 is 0. The van der Waals surface area contributed by atoms with Gasteiger partial charge >= 0.3 is 5.69 Å². The Morgan fingerprint density at radius 1 is 1.00 bits per heavy atom. The molecule has 0 radical (unpaired) electrons. The Bertz CT molecular complexity index is 966. The molecule has 2 heterocycles. The first-order valence-corrected chi connectivity index (χ1v) is 10.2. The Morgan fingerprint density at radius 3 is 2.48 bits per heavy atom. The van der Waals surface area contributed by atoms with Crippen LogP contribution in [0, 0.1) is 5.41 Å². The van der Waals surface area contributed by atoms with Crippen molar-refractivity contribution in [1.82, 2.24) is 14.0 Å². The molecule has 1 saturated carbocycles. The summed E-state index contributed by atoms with van der Waals surface area (Å²) < 4.78 is 2.81. The van der Waals surface area contributed by atoms with Gasteiger partial charge in [-0.1, -0.05) is 25.3 Å². The maximum atomic E-state index is 13.3. The number of nitrogens with zero attached hydrogens (tertiary/aromatic N) is 3. The lowest BCUT2D eigenvalue weighted by molar-refractivity contribution is -0.125. The summed E-state index contributed by atoms with van der Waals surface area (Å²) in [6.45, 7) is 0. The number of carbonyl (C=O) groups excluding carboxylic acids is 1. The molecule has 0 unspecified atom stereocenters. The molecule has 6 heteroatoms. The highest BCUT2D eigenvalue weighted by Crippen LogP contribution is 2.60. The number of hydrogen-bond acceptors (Lipinski definition) is 4. The summed E-state index contributed by atoms with van der Waals surface area (Å²) in [4.78, 5) is 41.4. The van der Waals surface area contributed by atoms with Crippen molar-refractivity contribution in [2.75, 3.05) is 0 Å². The molecule has 1 saturated heterocycles. The van der Waals surface area contributed by atoms with E-state index in [4.69, 9.17) is 0 Å². The van der Waals surface area contributed by atoms with Gasteiger partial charge in [-0.25, -0.2) is 4.79 Å². The molecule has 2 fully saturated rings. The van der Waals surface area contributed by atoms with Crippen molar-refractivity contribution in [2.24, 2.45) is 19.5 Å². The largest absolute Gasteiger partial charge is 0.330 e. The van der Waals surface area contributed by atoms with Crippen molar-refractivity contribution < 1.29 is 4.79 Å². The van der Waals surface area contributed by atoms with E-state index in [0.29, 0.717) is 24.1 Å². The second-order valence-corrected chi connectivity index (χ2v) is 8.90. The number of rotatable bonds is 1. The lowest BCUT2D eigenvalue weighted by Crippen LogP contribution is -2.47. The minimum absolute atomic E-state index is 0.138. The number of likely N-dealkylation sites (tertiary alicyclic amines) is 1. The molecule has 3 aliphatic carbocycles. The van der Waals surface area contributed by atoms with Gasteiger partial charge in [0.25, 0.3) is 5.56 Å². The van der Waals surface area contributed by atoms with Crippen LogP contribution in [0.25, 0.3) is 0 Å². The van der Waals surface area contributed by atoms with E-state index in [2.05, 4.69) is 4.90 Å². The van der Waals surface area contributed by atoms with Crippen LogP contribution in [0.4, 0.5) is 0 Å². The van der Waals surface area contributed by atoms with Crippen LogP contribution in [-0.2, 0) is 25.3 Å². The fraction of sp³-hybridized carbons (Fsp3) is 0.667. The van der Waals surface area contributed by atoms with E-state index in [0.717, 1.165) is 31.4 Å². The van der Waals surface area contributed by atoms with Crippen LogP contribution in [0.3, 0.4) is 0 Å². The molecule has 1 aromatic heterocycles. The van der Waals surface area contributed by atoms with Gasteiger partial charge in [-0.2, -0.15) is 0 Å². The van der Waals surface area contributed by atoms with Crippen LogP contribution in [0.15, 0.2) is 21.7 Å². The molecule has 3 atom stereocenters. The number of fused-ring (bicyclic) bond motifs is 3. The van der Waals surface area contributed by atoms with Gasteiger partial charge in [0.1, 0.15) is 0 Å². The van der Waals surface area contributed by atoms with E-state index in [1.54, 1.807) is 24.7 Å². The molecule has 0 amide bonds. The minimum Gasteiger partial charge on any atom is -0.300 e. The number of allylic oxidation sites excluding steroid dienone is 1. The summed E-state index contributed by atoms with van der Waals surface area (Å²) in [6, 6.07) is 0.572. The van der Waals surface area contributed by atoms with Crippen molar-refractivity contribution in [3.63, 3.8) is 0 Å². The summed E-state index contributed by atoms with van der Waals surface area (Å²) in [6.07, 6.45) is 11.9. The first-order chi connectivity index (χ1) is 13.0. The van der Waals surface area contributed by atoms with Gasteiger partial charge in [-0.3, -0.25) is 19.1 Å². The van der Waals surface area contributed by atoms with Crippen molar-refractivity contribution >= 4 is 5.78 Å². The van der Waals surface area contributed by atoms with E-state index in [1.807, 2.05) is 6.08 Å². The van der Waals surface area contributed by atoms with Crippen LogP contribution in [0.1, 0.15) is 62.2 Å². The molecule has 1 aromatic rings. The maximum absolute atomic E-state index is 13.3. The Kier molecular flexibility index (Phi) is 3.67. The third-order valence-electron chi connectivity index (χ3n) is 7.59. The fourth-order valence-electron chi connectivity index (χ4n) is 6.34. The lowest BCUT2D eigenvalue weighted by Gasteiger charge is -2.40. The summed E-state index contributed by atoms with van der Waals surface area (Å²) in [5, 5.41) is 0. The van der Waals surface area contributed by atoms with Gasteiger partial charge in [0.15, 0.2) is 5.78 Å². The van der Waals surface area contributed by atoms with Crippen LogP contribution in [0.5, 0.6) is 0 Å². The average Bonchev–Trinajstić information content (AvgIpc) is 3.10. The van der Waals surface area contributed by atoms with Crippen molar-refractivity contribution in [3.05, 3.63) is 44.2 Å². The summed E-state index contributed by atoms with van der Waals surface area (Å²) in [7, 11) is 3.29. The fourth-order valence-corrected chi connectivity index (χ4v) is 6.34. The molecular weight excluding hydrogens is 342 g/mol. The first-order valence-electron chi connectivity index (χ1n) is 10.2. The second-order valence-electron chi connectivity index (χ2n) is 8.90. The van der Waals surface area contributed by atoms with Crippen molar-refractivity contribution in [2.45, 2.75) is 69.5 Å². The monoisotopic (exact) mass is 369 g/mol. The van der Waals surface area contributed by atoms with E-state index in [1.165, 1.54) is 23.8 Å². The van der Waals surface area contributed by atoms with E-state index in [-0.39, 0.29) is 23.1 Å². The van der Waals surface area contributed by atoms with E-state index in [9.17, 15) is 14.4 Å². The lowest BCUT2D eigenvalue weighted by atomic mass is 9.76. The standard InChI is InChI=1S/C21H27N3O3/c1-22-15-12-21-11-14(9-6-10-16(21)25)24(13-7-4-3-5-8-13)18(21)17(15)19(26)23(2)20(22)27/h6,10,13-14,18H,3-5,7-9,11-12H2,1-2H3/t14-,18-,21+/m0/s1. The average molecular weight is 369 g/mol. The number of ketones is 1. The topological polar surface area (TPSA) is 64.3 Å². The van der Waals surface area contributed by atoms with E-state index < -0.39 is 5.41 Å². The van der Waals surface area contributed by atoms with Gasteiger partial charge in [0, 0.05) is 38.3 Å². The van der Waals surface area contributed by atoms with Crippen molar-refractivity contribution in [1.29, 1.82) is 0 Å². The molecule has 6 nitrogen and oxygen atoms in total. The molecule has 4 aliphatic rings. The molecule has 0 N–H and O–H groups in total. The van der Waals surface area contributed by atoms with Gasteiger partial charge in [0.05, 0.1) is 17.0 Å². The molecular formula is C21H27N3O3. The Labute approximate surface area is 158 Å². The molecule has 5 rings (SSSR count). The molecule has 27 heavy (non-hydrogen) atoms. The van der Waals surface area contributed by atoms with Crippen LogP contribution in [-0.4, -0.2) is 31.9 Å². The Morgan fingerprint density at radius 2 is 1.74 bits per heavy atom. The SMILES string of the molecule is Cn1c2c(c(=O)n(C)c1=O)[C@@H]1N(C3CCCCC3)[C@H]3CC=CC(=O)[C@]1(C2)C3. The summed E-state index contributed by atoms with van der Waals surface area (Å²) in [5.41, 5.74) is 0.397. The van der Waals surface area contributed by atoms with E-state index >= 15 is 0 Å². The maximum Gasteiger partial charge on any atom is 0.330 e. The van der Waals surface area contributed by atoms with Crippen LogP contribution in [0.2, 0.25) is 0 Å². The molecule has 0 aromatic carbocycles. The van der Waals surface area contributed by atoms with Crippen LogP contribution < -0.4 is 11.2 Å². The number of aromatic nitrogens is 2. The smallest absolute Gasteiger partial charge is 0.300 e. The molecule has 1 aliphatic heterocycles. The second kappa shape index (κ2) is 5.77. The number of hydrogen-bond donors (Lipinski definition) is 0. The zero-order valence-corrected chi connectivity index (χ0v) is 16.1. The van der Waals surface area contributed by atoms with Gasteiger partial charge < -0.3 is 4.57 Å². The van der Waals surface area contributed by atoms with Gasteiger partial charge in [-0.05, 0) is 31.8 Å². The highest BCUT2D eigenvalue weighted by Gasteiger charge is 2.63.